The lowest BCUT2D eigenvalue weighted by Gasteiger charge is -2.09. The van der Waals surface area contributed by atoms with Crippen LogP contribution in [-0.2, 0) is 6.54 Å². The lowest BCUT2D eigenvalue weighted by Crippen LogP contribution is -2.01. The highest BCUT2D eigenvalue weighted by molar-refractivity contribution is 5.93. The van der Waals surface area contributed by atoms with Gasteiger partial charge in [-0.2, -0.15) is 5.10 Å². The fourth-order valence-corrected chi connectivity index (χ4v) is 3.76. The number of nitrogens with zero attached hydrogens (tertiary/aromatic N) is 7. The highest BCUT2D eigenvalue weighted by Gasteiger charge is 2.12. The van der Waals surface area contributed by atoms with Crippen LogP contribution in [0.2, 0.25) is 0 Å². The van der Waals surface area contributed by atoms with Gasteiger partial charge in [0.1, 0.15) is 17.8 Å². The molecule has 0 fully saturated rings. The number of nitrogens with one attached hydrogen (secondary N) is 1. The maximum absolute atomic E-state index is 5.51. The van der Waals surface area contributed by atoms with Gasteiger partial charge in [-0.1, -0.05) is 30.3 Å². The molecule has 2 aromatic carbocycles. The predicted octanol–water partition coefficient (Wildman–Crippen LogP) is 4.95. The molecule has 0 bridgehead atoms. The first-order chi connectivity index (χ1) is 16.2. The van der Waals surface area contributed by atoms with Crippen LogP contribution in [0, 0.1) is 6.92 Å². The van der Waals surface area contributed by atoms with Gasteiger partial charge in [0, 0.05) is 23.4 Å². The first-order valence-corrected chi connectivity index (χ1v) is 10.4. The van der Waals surface area contributed by atoms with Crippen LogP contribution in [0.3, 0.4) is 0 Å². The van der Waals surface area contributed by atoms with E-state index in [1.54, 1.807) is 13.1 Å². The highest BCUT2D eigenvalue weighted by atomic mass is 35.5. The van der Waals surface area contributed by atoms with E-state index in [0.717, 1.165) is 28.5 Å². The molecule has 4 heterocycles. The van der Waals surface area contributed by atoms with Crippen molar-refractivity contribution in [3.05, 3.63) is 84.8 Å². The van der Waals surface area contributed by atoms with E-state index in [1.165, 1.54) is 11.9 Å². The van der Waals surface area contributed by atoms with Crippen molar-refractivity contribution in [2.24, 2.45) is 0 Å². The summed E-state index contributed by atoms with van der Waals surface area (Å²) in [6.45, 7) is 2.46. The van der Waals surface area contributed by atoms with E-state index < -0.39 is 0 Å². The Morgan fingerprint density at radius 3 is 2.65 bits per heavy atom. The van der Waals surface area contributed by atoms with Gasteiger partial charge in [0.15, 0.2) is 0 Å². The van der Waals surface area contributed by atoms with Crippen molar-refractivity contribution in [2.45, 2.75) is 13.5 Å². The van der Waals surface area contributed by atoms with Gasteiger partial charge in [0.05, 0.1) is 30.0 Å². The van der Waals surface area contributed by atoms with E-state index in [9.17, 15) is 0 Å². The fraction of sp³-hybridized carbons (Fsp3) is 0.0833. The van der Waals surface area contributed by atoms with Gasteiger partial charge in [0.25, 0.3) is 5.89 Å². The molecule has 168 valence electrons. The maximum Gasteiger partial charge on any atom is 0.266 e. The largest absolute Gasteiger partial charge is 0.420 e. The van der Waals surface area contributed by atoms with Crippen molar-refractivity contribution >= 4 is 45.7 Å². The van der Waals surface area contributed by atoms with Gasteiger partial charge >= 0.3 is 0 Å². The maximum atomic E-state index is 5.51. The van der Waals surface area contributed by atoms with Gasteiger partial charge in [-0.15, -0.1) is 22.6 Å². The van der Waals surface area contributed by atoms with Crippen molar-refractivity contribution in [3.63, 3.8) is 0 Å². The quantitative estimate of drug-likeness (QED) is 0.377. The molecule has 4 aromatic heterocycles. The number of hydrogen-bond acceptors (Lipinski definition) is 8. The van der Waals surface area contributed by atoms with E-state index in [4.69, 9.17) is 4.42 Å². The molecule has 0 saturated heterocycles. The molecule has 0 aliphatic heterocycles. The monoisotopic (exact) mass is 470 g/mol. The minimum absolute atomic E-state index is 0. The number of fused-ring (bicyclic) bond motifs is 2. The average molecular weight is 471 g/mol. The average Bonchev–Trinajstić information content (AvgIpc) is 3.46. The predicted molar refractivity (Wildman–Crippen MR) is 131 cm³/mol. The number of anilines is 2. The standard InChI is InChI=1S/C24H18N8O.ClH/c1-15-30-31-24(33-15)20-10-19-21(12-25-20)26-14-27-23(19)29-18-7-8-22-17(9-18)11-28-32(22)13-16-5-3-2-4-6-16;/h2-12,14H,13H2,1H3,(H,26,27,29);1H. The van der Waals surface area contributed by atoms with Gasteiger partial charge in [-0.25, -0.2) is 15.0 Å². The summed E-state index contributed by atoms with van der Waals surface area (Å²) in [6, 6.07) is 18.3. The molecule has 0 unspecified atom stereocenters. The van der Waals surface area contributed by atoms with Crippen molar-refractivity contribution < 1.29 is 4.42 Å². The zero-order valence-electron chi connectivity index (χ0n) is 18.1. The minimum atomic E-state index is 0. The van der Waals surface area contributed by atoms with E-state index in [0.29, 0.717) is 28.8 Å². The highest BCUT2D eigenvalue weighted by Crippen LogP contribution is 2.28. The van der Waals surface area contributed by atoms with Crippen molar-refractivity contribution in [1.29, 1.82) is 0 Å². The lowest BCUT2D eigenvalue weighted by molar-refractivity contribution is 0.531. The summed E-state index contributed by atoms with van der Waals surface area (Å²) in [5.41, 5.74) is 4.45. The molecular weight excluding hydrogens is 452 g/mol. The summed E-state index contributed by atoms with van der Waals surface area (Å²) in [5, 5.41) is 17.7. The molecule has 10 heteroatoms. The van der Waals surface area contributed by atoms with Crippen molar-refractivity contribution in [2.75, 3.05) is 5.32 Å². The minimum Gasteiger partial charge on any atom is -0.420 e. The van der Waals surface area contributed by atoms with Crippen LogP contribution < -0.4 is 5.32 Å². The Kier molecular flexibility index (Phi) is 5.60. The van der Waals surface area contributed by atoms with E-state index in [2.05, 4.69) is 59.8 Å². The van der Waals surface area contributed by atoms with Gasteiger partial charge in [0.2, 0.25) is 5.89 Å². The van der Waals surface area contributed by atoms with Crippen molar-refractivity contribution in [1.82, 2.24) is 34.9 Å². The van der Waals surface area contributed by atoms with Gasteiger partial charge in [-0.3, -0.25) is 4.68 Å². The van der Waals surface area contributed by atoms with E-state index >= 15 is 0 Å². The second kappa shape index (κ2) is 8.87. The molecule has 0 amide bonds. The molecule has 1 N–H and O–H groups in total. The first-order valence-electron chi connectivity index (χ1n) is 10.4. The molecule has 0 aliphatic rings. The zero-order chi connectivity index (χ0) is 22.2. The fourth-order valence-electron chi connectivity index (χ4n) is 3.76. The number of aromatic nitrogens is 7. The third-order valence-electron chi connectivity index (χ3n) is 5.35. The molecule has 0 radical (unpaired) electrons. The summed E-state index contributed by atoms with van der Waals surface area (Å²) < 4.78 is 7.51. The van der Waals surface area contributed by atoms with E-state index in [1.807, 2.05) is 41.2 Å². The summed E-state index contributed by atoms with van der Waals surface area (Å²) in [6.07, 6.45) is 5.06. The van der Waals surface area contributed by atoms with Crippen LogP contribution in [-0.4, -0.2) is 34.9 Å². The number of benzene rings is 2. The van der Waals surface area contributed by atoms with Crippen LogP contribution in [0.15, 0.2) is 77.7 Å². The zero-order valence-corrected chi connectivity index (χ0v) is 18.9. The molecule has 9 nitrogen and oxygen atoms in total. The van der Waals surface area contributed by atoms with Crippen molar-refractivity contribution in [3.8, 4) is 11.6 Å². The first kappa shape index (κ1) is 21.5. The molecule has 0 atom stereocenters. The van der Waals surface area contributed by atoms with E-state index in [-0.39, 0.29) is 12.4 Å². The molecule has 0 aliphatic carbocycles. The SMILES string of the molecule is Cc1nnc(-c2cc3c(Nc4ccc5c(cnn5Cc5ccccc5)c4)ncnc3cn2)o1.Cl. The Morgan fingerprint density at radius 2 is 1.82 bits per heavy atom. The Hall–Kier alpha value is -4.37. The summed E-state index contributed by atoms with van der Waals surface area (Å²) in [4.78, 5) is 13.2. The molecule has 0 spiro atoms. The second-order valence-electron chi connectivity index (χ2n) is 7.62. The number of hydrogen-bond donors (Lipinski definition) is 1. The molecular formula is C24H19ClN8O. The molecule has 6 rings (SSSR count). The third kappa shape index (κ3) is 4.04. The topological polar surface area (TPSA) is 107 Å². The molecule has 34 heavy (non-hydrogen) atoms. The van der Waals surface area contributed by atoms with Crippen LogP contribution in [0.4, 0.5) is 11.5 Å². The molecule has 0 saturated carbocycles. The number of halogens is 1. The van der Waals surface area contributed by atoms with Crippen LogP contribution in [0.25, 0.3) is 33.4 Å². The Morgan fingerprint density at radius 1 is 0.941 bits per heavy atom. The number of rotatable bonds is 5. The Balaban J connectivity index is 0.00000241. The van der Waals surface area contributed by atoms with Gasteiger partial charge in [-0.05, 0) is 29.8 Å². The molecule has 6 aromatic rings. The van der Waals surface area contributed by atoms with Crippen LogP contribution in [0.1, 0.15) is 11.5 Å². The summed E-state index contributed by atoms with van der Waals surface area (Å²) in [5.74, 6) is 1.50. The smallest absolute Gasteiger partial charge is 0.266 e. The normalized spacial score (nSPS) is 11.0. The Bertz CT molecular complexity index is 1600. The van der Waals surface area contributed by atoms with Crippen LogP contribution in [0.5, 0.6) is 0 Å². The lowest BCUT2D eigenvalue weighted by atomic mass is 10.2. The summed E-state index contributed by atoms with van der Waals surface area (Å²) >= 11 is 0. The van der Waals surface area contributed by atoms with Gasteiger partial charge < -0.3 is 9.73 Å². The number of aryl methyl sites for hydroxylation is 1. The Labute approximate surface area is 200 Å². The van der Waals surface area contributed by atoms with Crippen LogP contribution >= 0.6 is 12.4 Å². The number of pyridine rings is 1. The third-order valence-corrected chi connectivity index (χ3v) is 5.35. The second-order valence-corrected chi connectivity index (χ2v) is 7.62. The summed E-state index contributed by atoms with van der Waals surface area (Å²) in [7, 11) is 0.